The minimum atomic E-state index is -0.655. The van der Waals surface area contributed by atoms with Gasteiger partial charge in [-0.15, -0.1) is 0 Å². The standard InChI is InChI=1S/C29H33N3O7/c1-37-21-7-6-18(25(15-21)38-2)14-27(34)31-12-4-3-5-20(31)17-39-22-8-9-23-19(13-22)16-32(29(23)36)24-10-11-26(33)30-28(24)35/h6-9,13,15,20,24H,3-5,10-12,14,16-17H2,1-2H3,(H,30,33,35)/t20-,24?/m1/s1. The predicted molar refractivity (Wildman–Crippen MR) is 141 cm³/mol. The molecule has 2 aromatic carbocycles. The molecule has 3 heterocycles. The summed E-state index contributed by atoms with van der Waals surface area (Å²) in [6.07, 6.45) is 3.57. The second-order valence-electron chi connectivity index (χ2n) is 10.1. The Morgan fingerprint density at radius 3 is 2.59 bits per heavy atom. The lowest BCUT2D eigenvalue weighted by Crippen LogP contribution is -2.52. The van der Waals surface area contributed by atoms with E-state index in [4.69, 9.17) is 14.2 Å². The fraction of sp³-hybridized carbons (Fsp3) is 0.448. The first-order valence-corrected chi connectivity index (χ1v) is 13.3. The molecule has 1 N–H and O–H groups in total. The van der Waals surface area contributed by atoms with Crippen molar-refractivity contribution in [2.24, 2.45) is 0 Å². The van der Waals surface area contributed by atoms with Crippen molar-refractivity contribution in [2.75, 3.05) is 27.4 Å². The lowest BCUT2D eigenvalue weighted by Gasteiger charge is -2.35. The first-order chi connectivity index (χ1) is 18.9. The number of methoxy groups -OCH3 is 2. The average Bonchev–Trinajstić information content (AvgIpc) is 3.27. The molecule has 0 spiro atoms. The van der Waals surface area contributed by atoms with Crippen molar-refractivity contribution in [1.82, 2.24) is 15.1 Å². The van der Waals surface area contributed by atoms with Gasteiger partial charge in [0.1, 0.15) is 29.9 Å². The number of amides is 4. The van der Waals surface area contributed by atoms with E-state index in [0.717, 1.165) is 30.4 Å². The molecule has 5 rings (SSSR count). The Hall–Kier alpha value is -4.08. The Morgan fingerprint density at radius 2 is 1.82 bits per heavy atom. The van der Waals surface area contributed by atoms with E-state index in [2.05, 4.69) is 5.32 Å². The van der Waals surface area contributed by atoms with Crippen LogP contribution in [0.5, 0.6) is 17.2 Å². The number of carbonyl (C=O) groups is 4. The number of hydrogen-bond donors (Lipinski definition) is 1. The molecule has 2 fully saturated rings. The number of likely N-dealkylation sites (tertiary alicyclic amines) is 1. The smallest absolute Gasteiger partial charge is 0.255 e. The summed E-state index contributed by atoms with van der Waals surface area (Å²) in [5.41, 5.74) is 2.12. The van der Waals surface area contributed by atoms with E-state index in [1.807, 2.05) is 23.1 Å². The molecule has 206 valence electrons. The zero-order valence-corrected chi connectivity index (χ0v) is 22.2. The summed E-state index contributed by atoms with van der Waals surface area (Å²) < 4.78 is 16.9. The molecule has 1 unspecified atom stereocenters. The van der Waals surface area contributed by atoms with Crippen LogP contribution in [0, 0.1) is 0 Å². The Kier molecular flexibility index (Phi) is 7.72. The topological polar surface area (TPSA) is 114 Å². The van der Waals surface area contributed by atoms with Crippen LogP contribution in [0.3, 0.4) is 0 Å². The van der Waals surface area contributed by atoms with E-state index in [-0.39, 0.29) is 43.1 Å². The second kappa shape index (κ2) is 11.3. The molecule has 4 amide bonds. The van der Waals surface area contributed by atoms with Crippen LogP contribution >= 0.6 is 0 Å². The number of piperidine rings is 2. The van der Waals surface area contributed by atoms with Crippen LogP contribution in [-0.4, -0.2) is 72.9 Å². The minimum absolute atomic E-state index is 0.0196. The summed E-state index contributed by atoms with van der Waals surface area (Å²) in [6.45, 7) is 1.30. The van der Waals surface area contributed by atoms with Gasteiger partial charge < -0.3 is 24.0 Å². The maximum absolute atomic E-state index is 13.3. The van der Waals surface area contributed by atoms with Crippen molar-refractivity contribution >= 4 is 23.6 Å². The van der Waals surface area contributed by atoms with E-state index in [1.54, 1.807) is 32.4 Å². The number of nitrogens with zero attached hydrogens (tertiary/aromatic N) is 2. The summed E-state index contributed by atoms with van der Waals surface area (Å²) in [4.78, 5) is 53.5. The van der Waals surface area contributed by atoms with Crippen molar-refractivity contribution < 1.29 is 33.4 Å². The second-order valence-corrected chi connectivity index (χ2v) is 10.1. The van der Waals surface area contributed by atoms with Crippen LogP contribution < -0.4 is 19.5 Å². The van der Waals surface area contributed by atoms with E-state index in [1.165, 1.54) is 4.90 Å². The molecular formula is C29H33N3O7. The highest BCUT2D eigenvalue weighted by Gasteiger charge is 2.39. The molecule has 0 aromatic heterocycles. The normalized spacial score (nSPS) is 20.9. The van der Waals surface area contributed by atoms with Crippen molar-refractivity contribution in [3.8, 4) is 17.2 Å². The molecule has 0 aliphatic carbocycles. The highest BCUT2D eigenvalue weighted by atomic mass is 16.5. The molecule has 10 nitrogen and oxygen atoms in total. The number of carbonyl (C=O) groups excluding carboxylic acids is 4. The van der Waals surface area contributed by atoms with Gasteiger partial charge in [-0.1, -0.05) is 6.07 Å². The van der Waals surface area contributed by atoms with Gasteiger partial charge in [-0.2, -0.15) is 0 Å². The highest BCUT2D eigenvalue weighted by molar-refractivity contribution is 6.05. The number of benzene rings is 2. The third-order valence-corrected chi connectivity index (χ3v) is 7.72. The molecule has 39 heavy (non-hydrogen) atoms. The SMILES string of the molecule is COc1ccc(CC(=O)N2CCCC[C@@H]2COc2ccc3c(c2)CN(C2CCC(=O)NC2=O)C3=O)c(OC)c1. The lowest BCUT2D eigenvalue weighted by molar-refractivity contribution is -0.137. The van der Waals surface area contributed by atoms with Gasteiger partial charge in [-0.25, -0.2) is 0 Å². The van der Waals surface area contributed by atoms with Crippen LogP contribution in [-0.2, 0) is 27.3 Å². The van der Waals surface area contributed by atoms with Gasteiger partial charge in [-0.3, -0.25) is 24.5 Å². The van der Waals surface area contributed by atoms with E-state index in [0.29, 0.717) is 42.4 Å². The molecule has 0 bridgehead atoms. The predicted octanol–water partition coefficient (Wildman–Crippen LogP) is 2.47. The van der Waals surface area contributed by atoms with E-state index < -0.39 is 11.9 Å². The first-order valence-electron chi connectivity index (χ1n) is 13.3. The number of hydrogen-bond acceptors (Lipinski definition) is 7. The lowest BCUT2D eigenvalue weighted by atomic mass is 10.0. The Balaban J connectivity index is 1.23. The zero-order valence-electron chi connectivity index (χ0n) is 22.2. The van der Waals surface area contributed by atoms with Gasteiger partial charge in [0, 0.05) is 36.7 Å². The maximum Gasteiger partial charge on any atom is 0.255 e. The number of imide groups is 1. The van der Waals surface area contributed by atoms with Crippen molar-refractivity contribution in [3.63, 3.8) is 0 Å². The molecule has 2 atom stereocenters. The fourth-order valence-corrected chi connectivity index (χ4v) is 5.60. The molecule has 0 radical (unpaired) electrons. The van der Waals surface area contributed by atoms with Gasteiger partial charge in [-0.05, 0) is 55.5 Å². The van der Waals surface area contributed by atoms with Crippen LogP contribution in [0.1, 0.15) is 53.6 Å². The molecule has 2 saturated heterocycles. The van der Waals surface area contributed by atoms with E-state index in [9.17, 15) is 19.2 Å². The maximum atomic E-state index is 13.3. The summed E-state index contributed by atoms with van der Waals surface area (Å²) in [6, 6.07) is 10.0. The van der Waals surface area contributed by atoms with Crippen LogP contribution in [0.4, 0.5) is 0 Å². The third-order valence-electron chi connectivity index (χ3n) is 7.72. The highest BCUT2D eigenvalue weighted by Crippen LogP contribution is 2.31. The molecule has 0 saturated carbocycles. The fourth-order valence-electron chi connectivity index (χ4n) is 5.60. The van der Waals surface area contributed by atoms with Crippen LogP contribution in [0.2, 0.25) is 0 Å². The molecule has 2 aromatic rings. The Morgan fingerprint density at radius 1 is 1.00 bits per heavy atom. The van der Waals surface area contributed by atoms with Crippen LogP contribution in [0.15, 0.2) is 36.4 Å². The summed E-state index contributed by atoms with van der Waals surface area (Å²) in [5, 5.41) is 2.32. The van der Waals surface area contributed by atoms with Gasteiger partial charge in [0.15, 0.2) is 0 Å². The van der Waals surface area contributed by atoms with Gasteiger partial charge >= 0.3 is 0 Å². The number of fused-ring (bicyclic) bond motifs is 1. The number of ether oxygens (including phenoxy) is 3. The molecule has 10 heteroatoms. The minimum Gasteiger partial charge on any atom is -0.497 e. The largest absolute Gasteiger partial charge is 0.497 e. The van der Waals surface area contributed by atoms with Gasteiger partial charge in [0.2, 0.25) is 17.7 Å². The Bertz CT molecular complexity index is 1290. The number of rotatable bonds is 8. The van der Waals surface area contributed by atoms with Crippen molar-refractivity contribution in [2.45, 2.75) is 57.2 Å². The number of nitrogens with one attached hydrogen (secondary N) is 1. The third kappa shape index (κ3) is 5.55. The summed E-state index contributed by atoms with van der Waals surface area (Å²) >= 11 is 0. The van der Waals surface area contributed by atoms with Crippen molar-refractivity contribution in [1.29, 1.82) is 0 Å². The molecule has 3 aliphatic heterocycles. The summed E-state index contributed by atoms with van der Waals surface area (Å²) in [7, 11) is 3.17. The Labute approximate surface area is 227 Å². The average molecular weight is 536 g/mol. The first kappa shape index (κ1) is 26.5. The van der Waals surface area contributed by atoms with Gasteiger partial charge in [0.05, 0.1) is 26.7 Å². The molecular weight excluding hydrogens is 502 g/mol. The quantitative estimate of drug-likeness (QED) is 0.517. The van der Waals surface area contributed by atoms with E-state index >= 15 is 0 Å². The van der Waals surface area contributed by atoms with Crippen LogP contribution in [0.25, 0.3) is 0 Å². The zero-order chi connectivity index (χ0) is 27.5. The summed E-state index contributed by atoms with van der Waals surface area (Å²) in [5.74, 6) is 0.958. The van der Waals surface area contributed by atoms with Gasteiger partial charge in [0.25, 0.3) is 5.91 Å². The molecule has 3 aliphatic rings. The van der Waals surface area contributed by atoms with Crippen molar-refractivity contribution in [3.05, 3.63) is 53.1 Å². The monoisotopic (exact) mass is 535 g/mol.